The summed E-state index contributed by atoms with van der Waals surface area (Å²) < 4.78 is 1.21. The number of hydrogen-bond acceptors (Lipinski definition) is 5. The molecule has 0 saturated heterocycles. The van der Waals surface area contributed by atoms with Crippen LogP contribution in [0.2, 0.25) is 0 Å². The van der Waals surface area contributed by atoms with E-state index in [1.807, 2.05) is 25.1 Å². The maximum Gasteiger partial charge on any atom is 0.184 e. The van der Waals surface area contributed by atoms with Gasteiger partial charge in [-0.25, -0.2) is 9.97 Å². The Balaban J connectivity index is 1.76. The molecule has 86 valence electrons. The molecule has 0 spiro atoms. The van der Waals surface area contributed by atoms with E-state index in [0.29, 0.717) is 0 Å². The molecular formula is C12H11N3S2. The Morgan fingerprint density at radius 2 is 2.12 bits per heavy atom. The molecule has 0 bridgehead atoms. The highest BCUT2D eigenvalue weighted by Crippen LogP contribution is 2.25. The lowest BCUT2D eigenvalue weighted by atomic mass is 10.3. The molecule has 0 unspecified atom stereocenters. The number of thiazole rings is 2. The minimum Gasteiger partial charge on any atom is -0.356 e. The van der Waals surface area contributed by atoms with Gasteiger partial charge in [-0.05, 0) is 19.1 Å². The predicted molar refractivity (Wildman–Crippen MR) is 73.8 cm³/mol. The lowest BCUT2D eigenvalue weighted by Crippen LogP contribution is -1.98. The molecular weight excluding hydrogens is 250 g/mol. The largest absolute Gasteiger partial charge is 0.356 e. The lowest BCUT2D eigenvalue weighted by Gasteiger charge is -1.97. The second kappa shape index (κ2) is 4.43. The standard InChI is InChI=1S/C12H11N3S2/c1-8-14-9(7-16-8)6-13-12-15-10-4-2-3-5-11(10)17-12/h2-5,7H,6H2,1H3,(H,13,15). The van der Waals surface area contributed by atoms with Gasteiger partial charge in [0, 0.05) is 5.38 Å². The van der Waals surface area contributed by atoms with Gasteiger partial charge in [-0.15, -0.1) is 11.3 Å². The van der Waals surface area contributed by atoms with E-state index in [2.05, 4.69) is 26.7 Å². The van der Waals surface area contributed by atoms with Gasteiger partial charge in [0.25, 0.3) is 0 Å². The third kappa shape index (κ3) is 2.30. The molecule has 17 heavy (non-hydrogen) atoms. The molecule has 0 aliphatic carbocycles. The smallest absolute Gasteiger partial charge is 0.184 e. The summed E-state index contributed by atoms with van der Waals surface area (Å²) >= 11 is 3.35. The minimum atomic E-state index is 0.740. The fourth-order valence-electron chi connectivity index (χ4n) is 1.60. The minimum absolute atomic E-state index is 0.740. The molecule has 1 aromatic carbocycles. The number of nitrogens with one attached hydrogen (secondary N) is 1. The van der Waals surface area contributed by atoms with Crippen LogP contribution in [0.25, 0.3) is 10.2 Å². The van der Waals surface area contributed by atoms with Crippen molar-refractivity contribution in [2.24, 2.45) is 0 Å². The number of fused-ring (bicyclic) bond motifs is 1. The molecule has 0 fully saturated rings. The third-order valence-electron chi connectivity index (χ3n) is 2.38. The average Bonchev–Trinajstić information content (AvgIpc) is 2.91. The monoisotopic (exact) mass is 261 g/mol. The van der Waals surface area contributed by atoms with E-state index >= 15 is 0 Å². The second-order valence-electron chi connectivity index (χ2n) is 3.70. The normalized spacial score (nSPS) is 10.9. The van der Waals surface area contributed by atoms with Crippen LogP contribution in [0, 0.1) is 6.92 Å². The van der Waals surface area contributed by atoms with Crippen LogP contribution in [-0.2, 0) is 6.54 Å². The Labute approximate surface area is 107 Å². The predicted octanol–water partition coefficient (Wildman–Crippen LogP) is 3.67. The van der Waals surface area contributed by atoms with E-state index in [-0.39, 0.29) is 0 Å². The summed E-state index contributed by atoms with van der Waals surface area (Å²) in [5, 5.41) is 7.45. The summed E-state index contributed by atoms with van der Waals surface area (Å²) in [6.45, 7) is 2.76. The van der Waals surface area contributed by atoms with Crippen LogP contribution < -0.4 is 5.32 Å². The first-order chi connectivity index (χ1) is 8.31. The van der Waals surface area contributed by atoms with Gasteiger partial charge in [0.1, 0.15) is 0 Å². The number of para-hydroxylation sites is 1. The number of aryl methyl sites for hydroxylation is 1. The Hall–Kier alpha value is -1.46. The van der Waals surface area contributed by atoms with Gasteiger partial charge < -0.3 is 5.32 Å². The maximum absolute atomic E-state index is 4.52. The van der Waals surface area contributed by atoms with Gasteiger partial charge in [-0.3, -0.25) is 0 Å². The van der Waals surface area contributed by atoms with Gasteiger partial charge in [0.15, 0.2) is 5.13 Å². The van der Waals surface area contributed by atoms with Crippen LogP contribution in [0.3, 0.4) is 0 Å². The third-order valence-corrected chi connectivity index (χ3v) is 4.20. The Kier molecular flexibility index (Phi) is 2.78. The second-order valence-corrected chi connectivity index (χ2v) is 5.79. The van der Waals surface area contributed by atoms with Gasteiger partial charge in [-0.2, -0.15) is 0 Å². The first kappa shape index (κ1) is 10.7. The van der Waals surface area contributed by atoms with E-state index in [0.717, 1.165) is 27.9 Å². The summed E-state index contributed by atoms with van der Waals surface area (Å²) in [5.74, 6) is 0. The first-order valence-corrected chi connectivity index (χ1v) is 7.01. The molecule has 0 saturated carbocycles. The molecule has 2 aromatic heterocycles. The molecule has 0 amide bonds. The molecule has 3 rings (SSSR count). The number of anilines is 1. The van der Waals surface area contributed by atoms with Gasteiger partial charge in [-0.1, -0.05) is 23.5 Å². The number of aromatic nitrogens is 2. The van der Waals surface area contributed by atoms with Crippen molar-refractivity contribution in [3.63, 3.8) is 0 Å². The van der Waals surface area contributed by atoms with Crippen molar-refractivity contribution in [2.75, 3.05) is 5.32 Å². The number of rotatable bonds is 3. The summed E-state index contributed by atoms with van der Waals surface area (Å²) in [4.78, 5) is 8.93. The fraction of sp³-hybridized carbons (Fsp3) is 0.167. The molecule has 5 heteroatoms. The van der Waals surface area contributed by atoms with Crippen LogP contribution in [0.1, 0.15) is 10.7 Å². The van der Waals surface area contributed by atoms with Gasteiger partial charge in [0.05, 0.1) is 27.5 Å². The van der Waals surface area contributed by atoms with Crippen molar-refractivity contribution in [2.45, 2.75) is 13.5 Å². The Bertz CT molecular complexity index is 609. The first-order valence-electron chi connectivity index (χ1n) is 5.32. The quantitative estimate of drug-likeness (QED) is 0.781. The van der Waals surface area contributed by atoms with Crippen molar-refractivity contribution >= 4 is 38.0 Å². The maximum atomic E-state index is 4.52. The van der Waals surface area contributed by atoms with Crippen molar-refractivity contribution in [3.8, 4) is 0 Å². The Morgan fingerprint density at radius 3 is 2.88 bits per heavy atom. The highest BCUT2D eigenvalue weighted by molar-refractivity contribution is 7.22. The van der Waals surface area contributed by atoms with Crippen molar-refractivity contribution in [1.82, 2.24) is 9.97 Å². The van der Waals surface area contributed by atoms with E-state index in [1.54, 1.807) is 22.7 Å². The van der Waals surface area contributed by atoms with E-state index in [1.165, 1.54) is 4.70 Å². The summed E-state index contributed by atoms with van der Waals surface area (Å²) in [6, 6.07) is 8.17. The summed E-state index contributed by atoms with van der Waals surface area (Å²) in [6.07, 6.45) is 0. The fourth-order valence-corrected chi connectivity index (χ4v) is 3.08. The van der Waals surface area contributed by atoms with Crippen molar-refractivity contribution < 1.29 is 0 Å². The van der Waals surface area contributed by atoms with Crippen LogP contribution in [0.4, 0.5) is 5.13 Å². The van der Waals surface area contributed by atoms with Crippen LogP contribution in [0.15, 0.2) is 29.6 Å². The van der Waals surface area contributed by atoms with E-state index < -0.39 is 0 Å². The molecule has 0 atom stereocenters. The van der Waals surface area contributed by atoms with Crippen LogP contribution in [-0.4, -0.2) is 9.97 Å². The zero-order valence-electron chi connectivity index (χ0n) is 9.30. The number of hydrogen-bond donors (Lipinski definition) is 1. The zero-order chi connectivity index (χ0) is 11.7. The number of benzene rings is 1. The van der Waals surface area contributed by atoms with Crippen LogP contribution in [0.5, 0.6) is 0 Å². The lowest BCUT2D eigenvalue weighted by molar-refractivity contribution is 1.05. The van der Waals surface area contributed by atoms with Gasteiger partial charge in [0.2, 0.25) is 0 Å². The van der Waals surface area contributed by atoms with Crippen LogP contribution >= 0.6 is 22.7 Å². The summed E-state index contributed by atoms with van der Waals surface area (Å²) in [5.41, 5.74) is 2.13. The highest BCUT2D eigenvalue weighted by Gasteiger charge is 2.03. The molecule has 0 aliphatic heterocycles. The highest BCUT2D eigenvalue weighted by atomic mass is 32.1. The molecule has 3 nitrogen and oxygen atoms in total. The van der Waals surface area contributed by atoms with Gasteiger partial charge >= 0.3 is 0 Å². The van der Waals surface area contributed by atoms with E-state index in [4.69, 9.17) is 0 Å². The molecule has 0 aliphatic rings. The zero-order valence-corrected chi connectivity index (χ0v) is 10.9. The molecule has 2 heterocycles. The van der Waals surface area contributed by atoms with Crippen molar-refractivity contribution in [3.05, 3.63) is 40.3 Å². The molecule has 1 N–H and O–H groups in total. The van der Waals surface area contributed by atoms with Crippen molar-refractivity contribution in [1.29, 1.82) is 0 Å². The van der Waals surface area contributed by atoms with E-state index in [9.17, 15) is 0 Å². The molecule has 0 radical (unpaired) electrons. The molecule has 3 aromatic rings. The topological polar surface area (TPSA) is 37.8 Å². The Morgan fingerprint density at radius 1 is 1.24 bits per heavy atom. The number of nitrogens with zero attached hydrogens (tertiary/aromatic N) is 2. The SMILES string of the molecule is Cc1nc(CNc2nc3ccccc3s2)cs1. The average molecular weight is 261 g/mol. The summed E-state index contributed by atoms with van der Waals surface area (Å²) in [7, 11) is 0.